The lowest BCUT2D eigenvalue weighted by atomic mass is 10.1. The first-order valence-corrected chi connectivity index (χ1v) is 6.97. The molecule has 21 heavy (non-hydrogen) atoms. The maximum absolute atomic E-state index is 6.07. The molecule has 108 valence electrons. The van der Waals surface area contributed by atoms with E-state index in [1.807, 2.05) is 42.5 Å². The van der Waals surface area contributed by atoms with Gasteiger partial charge in [-0.05, 0) is 43.3 Å². The number of nitrogens with two attached hydrogens (primary N) is 2. The predicted molar refractivity (Wildman–Crippen MR) is 86.0 cm³/mol. The zero-order chi connectivity index (χ0) is 14.7. The highest BCUT2D eigenvalue weighted by atomic mass is 16.3. The SMILES string of the molecule is NCCCNc1ccc(-c2nc3ccccc3o2)cc1N. The molecule has 0 amide bonds. The van der Waals surface area contributed by atoms with Crippen molar-refractivity contribution < 1.29 is 4.42 Å². The van der Waals surface area contributed by atoms with Crippen molar-refractivity contribution in [3.63, 3.8) is 0 Å². The molecule has 0 saturated heterocycles. The number of oxazole rings is 1. The normalized spacial score (nSPS) is 10.9. The molecule has 0 unspecified atom stereocenters. The van der Waals surface area contributed by atoms with Gasteiger partial charge in [-0.25, -0.2) is 4.98 Å². The Bertz CT molecular complexity index is 718. The number of para-hydroxylation sites is 2. The fraction of sp³-hybridized carbons (Fsp3) is 0.188. The highest BCUT2D eigenvalue weighted by Crippen LogP contribution is 2.28. The van der Waals surface area contributed by atoms with Crippen LogP contribution in [-0.4, -0.2) is 18.1 Å². The first kappa shape index (κ1) is 13.5. The van der Waals surface area contributed by atoms with Gasteiger partial charge in [-0.3, -0.25) is 0 Å². The van der Waals surface area contributed by atoms with Gasteiger partial charge >= 0.3 is 0 Å². The van der Waals surface area contributed by atoms with Crippen LogP contribution < -0.4 is 16.8 Å². The van der Waals surface area contributed by atoms with Gasteiger partial charge in [0, 0.05) is 12.1 Å². The Morgan fingerprint density at radius 2 is 2.00 bits per heavy atom. The summed E-state index contributed by atoms with van der Waals surface area (Å²) in [5.41, 5.74) is 15.6. The Hall–Kier alpha value is -2.53. The molecule has 0 bridgehead atoms. The van der Waals surface area contributed by atoms with E-state index in [4.69, 9.17) is 15.9 Å². The van der Waals surface area contributed by atoms with Gasteiger partial charge in [-0.1, -0.05) is 12.1 Å². The quantitative estimate of drug-likeness (QED) is 0.494. The van der Waals surface area contributed by atoms with Gasteiger partial charge in [0.1, 0.15) is 5.52 Å². The summed E-state index contributed by atoms with van der Waals surface area (Å²) < 4.78 is 5.74. The zero-order valence-corrected chi connectivity index (χ0v) is 11.7. The van der Waals surface area contributed by atoms with Gasteiger partial charge in [0.05, 0.1) is 11.4 Å². The van der Waals surface area contributed by atoms with Crippen molar-refractivity contribution in [2.75, 3.05) is 24.1 Å². The number of anilines is 2. The van der Waals surface area contributed by atoms with E-state index >= 15 is 0 Å². The molecule has 0 spiro atoms. The predicted octanol–water partition coefficient (Wildman–Crippen LogP) is 2.84. The van der Waals surface area contributed by atoms with E-state index in [0.717, 1.165) is 35.3 Å². The summed E-state index contributed by atoms with van der Waals surface area (Å²) in [5.74, 6) is 0.580. The topological polar surface area (TPSA) is 90.1 Å². The zero-order valence-electron chi connectivity index (χ0n) is 11.7. The van der Waals surface area contributed by atoms with Gasteiger partial charge in [-0.2, -0.15) is 0 Å². The number of nitrogens with zero attached hydrogens (tertiary/aromatic N) is 1. The molecule has 5 heteroatoms. The lowest BCUT2D eigenvalue weighted by Gasteiger charge is -2.09. The highest BCUT2D eigenvalue weighted by Gasteiger charge is 2.09. The van der Waals surface area contributed by atoms with E-state index in [1.165, 1.54) is 0 Å². The van der Waals surface area contributed by atoms with Crippen LogP contribution in [0.1, 0.15) is 6.42 Å². The molecule has 0 aliphatic rings. The molecule has 5 nitrogen and oxygen atoms in total. The third kappa shape index (κ3) is 2.83. The number of rotatable bonds is 5. The maximum Gasteiger partial charge on any atom is 0.227 e. The van der Waals surface area contributed by atoms with Crippen LogP contribution in [0.15, 0.2) is 46.9 Å². The number of nitrogens with one attached hydrogen (secondary N) is 1. The Balaban J connectivity index is 1.87. The molecule has 3 rings (SSSR count). The van der Waals surface area contributed by atoms with Crippen molar-refractivity contribution in [2.24, 2.45) is 5.73 Å². The summed E-state index contributed by atoms with van der Waals surface area (Å²) in [6.07, 6.45) is 0.909. The number of hydrogen-bond acceptors (Lipinski definition) is 5. The molecule has 0 radical (unpaired) electrons. The van der Waals surface area contributed by atoms with E-state index in [9.17, 15) is 0 Å². The van der Waals surface area contributed by atoms with Gasteiger partial charge in [0.2, 0.25) is 5.89 Å². The molecule has 0 aliphatic carbocycles. The summed E-state index contributed by atoms with van der Waals surface area (Å²) in [7, 11) is 0. The van der Waals surface area contributed by atoms with E-state index < -0.39 is 0 Å². The van der Waals surface area contributed by atoms with Crippen LogP contribution in [0.25, 0.3) is 22.6 Å². The molecule has 3 aromatic rings. The van der Waals surface area contributed by atoms with Crippen molar-refractivity contribution >= 4 is 22.5 Å². The number of aromatic nitrogens is 1. The standard InChI is InChI=1S/C16H18N4O/c17-8-3-9-19-13-7-6-11(10-12(13)18)16-20-14-4-1-2-5-15(14)21-16/h1-2,4-7,10,19H,3,8-9,17-18H2. The summed E-state index contributed by atoms with van der Waals surface area (Å²) in [6, 6.07) is 13.5. The summed E-state index contributed by atoms with van der Waals surface area (Å²) in [5, 5.41) is 3.26. The van der Waals surface area contributed by atoms with Crippen LogP contribution in [0.4, 0.5) is 11.4 Å². The van der Waals surface area contributed by atoms with Crippen LogP contribution in [0.3, 0.4) is 0 Å². The molecule has 2 aromatic carbocycles. The third-order valence-electron chi connectivity index (χ3n) is 3.29. The minimum absolute atomic E-state index is 0.580. The minimum atomic E-state index is 0.580. The molecule has 1 aromatic heterocycles. The van der Waals surface area contributed by atoms with Crippen LogP contribution in [0.2, 0.25) is 0 Å². The Labute approximate surface area is 123 Å². The van der Waals surface area contributed by atoms with Crippen LogP contribution in [0, 0.1) is 0 Å². The minimum Gasteiger partial charge on any atom is -0.436 e. The van der Waals surface area contributed by atoms with Crippen LogP contribution in [0.5, 0.6) is 0 Å². The average molecular weight is 282 g/mol. The Morgan fingerprint density at radius 3 is 2.76 bits per heavy atom. The first-order valence-electron chi connectivity index (χ1n) is 6.97. The highest BCUT2D eigenvalue weighted by molar-refractivity contribution is 5.78. The number of nitrogen functional groups attached to an aromatic ring is 1. The van der Waals surface area contributed by atoms with E-state index in [0.29, 0.717) is 18.1 Å². The fourth-order valence-corrected chi connectivity index (χ4v) is 2.18. The van der Waals surface area contributed by atoms with Crippen molar-refractivity contribution in [1.29, 1.82) is 0 Å². The van der Waals surface area contributed by atoms with Crippen molar-refractivity contribution in [1.82, 2.24) is 4.98 Å². The fourth-order valence-electron chi connectivity index (χ4n) is 2.18. The van der Waals surface area contributed by atoms with Crippen LogP contribution >= 0.6 is 0 Å². The molecular formula is C16H18N4O. The van der Waals surface area contributed by atoms with Crippen molar-refractivity contribution in [3.05, 3.63) is 42.5 Å². The smallest absolute Gasteiger partial charge is 0.227 e. The molecule has 0 saturated carbocycles. The van der Waals surface area contributed by atoms with Crippen molar-refractivity contribution in [2.45, 2.75) is 6.42 Å². The second kappa shape index (κ2) is 5.85. The number of hydrogen-bond donors (Lipinski definition) is 3. The maximum atomic E-state index is 6.07. The van der Waals surface area contributed by atoms with Crippen LogP contribution in [-0.2, 0) is 0 Å². The lowest BCUT2D eigenvalue weighted by molar-refractivity contribution is 0.620. The molecule has 0 fully saturated rings. The summed E-state index contributed by atoms with van der Waals surface area (Å²) in [4.78, 5) is 4.47. The first-order chi connectivity index (χ1) is 10.3. The lowest BCUT2D eigenvalue weighted by Crippen LogP contribution is -2.09. The van der Waals surface area contributed by atoms with E-state index in [-0.39, 0.29) is 0 Å². The molecule has 1 heterocycles. The molecule has 0 atom stereocenters. The van der Waals surface area contributed by atoms with Gasteiger partial charge in [-0.15, -0.1) is 0 Å². The summed E-state index contributed by atoms with van der Waals surface area (Å²) in [6.45, 7) is 1.47. The molecule has 0 aliphatic heterocycles. The number of benzene rings is 2. The number of fused-ring (bicyclic) bond motifs is 1. The summed E-state index contributed by atoms with van der Waals surface area (Å²) >= 11 is 0. The second-order valence-electron chi connectivity index (χ2n) is 4.86. The monoisotopic (exact) mass is 282 g/mol. The molecular weight excluding hydrogens is 264 g/mol. The average Bonchev–Trinajstić information content (AvgIpc) is 2.93. The van der Waals surface area contributed by atoms with E-state index in [1.54, 1.807) is 0 Å². The largest absolute Gasteiger partial charge is 0.436 e. The van der Waals surface area contributed by atoms with Gasteiger partial charge < -0.3 is 21.2 Å². The Kier molecular flexibility index (Phi) is 3.75. The third-order valence-corrected chi connectivity index (χ3v) is 3.29. The van der Waals surface area contributed by atoms with E-state index in [2.05, 4.69) is 10.3 Å². The van der Waals surface area contributed by atoms with Crippen molar-refractivity contribution in [3.8, 4) is 11.5 Å². The Morgan fingerprint density at radius 1 is 1.14 bits per heavy atom. The molecule has 5 N–H and O–H groups in total. The second-order valence-corrected chi connectivity index (χ2v) is 4.86. The van der Waals surface area contributed by atoms with Gasteiger partial charge in [0.25, 0.3) is 0 Å². The van der Waals surface area contributed by atoms with Gasteiger partial charge in [0.15, 0.2) is 5.58 Å².